The van der Waals surface area contributed by atoms with Crippen LogP contribution in [-0.2, 0) is 14.3 Å². The van der Waals surface area contributed by atoms with Gasteiger partial charge in [-0.3, -0.25) is 9.59 Å². The summed E-state index contributed by atoms with van der Waals surface area (Å²) in [5.74, 6) is -1.40. The van der Waals surface area contributed by atoms with E-state index in [0.717, 1.165) is 47.9 Å². The van der Waals surface area contributed by atoms with E-state index in [1.54, 1.807) is 0 Å². The maximum atomic E-state index is 12.8. The van der Waals surface area contributed by atoms with E-state index in [4.69, 9.17) is 4.74 Å². The number of carbonyl (C=O) groups is 3. The maximum absolute atomic E-state index is 12.8. The van der Waals surface area contributed by atoms with Crippen LogP contribution in [0.1, 0.15) is 62.5 Å². The number of carboxylic acid groups (broad SMARTS) is 1. The molecule has 1 unspecified atom stereocenters. The van der Waals surface area contributed by atoms with Crippen molar-refractivity contribution in [1.29, 1.82) is 0 Å². The van der Waals surface area contributed by atoms with Gasteiger partial charge in [-0.05, 0) is 47.9 Å². The van der Waals surface area contributed by atoms with Gasteiger partial charge in [0.05, 0.1) is 6.42 Å². The van der Waals surface area contributed by atoms with Gasteiger partial charge in [0, 0.05) is 12.0 Å². The van der Waals surface area contributed by atoms with Gasteiger partial charge in [0.1, 0.15) is 12.6 Å². The van der Waals surface area contributed by atoms with Crippen LogP contribution in [0.4, 0.5) is 4.79 Å². The lowest BCUT2D eigenvalue weighted by Gasteiger charge is -2.29. The molecule has 3 N–H and O–H groups in total. The molecule has 0 heterocycles. The molecule has 2 aromatic carbocycles. The third-order valence-corrected chi connectivity index (χ3v) is 7.06. The number of benzene rings is 2. The van der Waals surface area contributed by atoms with Gasteiger partial charge in [-0.25, -0.2) is 4.79 Å². The Kier molecular flexibility index (Phi) is 7.50. The van der Waals surface area contributed by atoms with Crippen LogP contribution >= 0.6 is 0 Å². The van der Waals surface area contributed by atoms with Crippen LogP contribution in [-0.4, -0.2) is 41.8 Å². The summed E-state index contributed by atoms with van der Waals surface area (Å²) < 4.78 is 5.50. The lowest BCUT2D eigenvalue weighted by Crippen LogP contribution is -2.51. The zero-order chi connectivity index (χ0) is 24.1. The van der Waals surface area contributed by atoms with Gasteiger partial charge in [0.2, 0.25) is 5.91 Å². The highest BCUT2D eigenvalue weighted by atomic mass is 16.5. The monoisotopic (exact) mass is 464 g/mol. The fourth-order valence-corrected chi connectivity index (χ4v) is 5.24. The van der Waals surface area contributed by atoms with E-state index in [1.807, 2.05) is 43.3 Å². The maximum Gasteiger partial charge on any atom is 0.407 e. The number of carboxylic acids is 1. The zero-order valence-corrected chi connectivity index (χ0v) is 19.5. The Morgan fingerprint density at radius 3 is 2.12 bits per heavy atom. The molecule has 0 spiro atoms. The number of fused-ring (bicyclic) bond motifs is 3. The number of aliphatic carboxylic acids is 1. The van der Waals surface area contributed by atoms with Gasteiger partial charge in [0.15, 0.2) is 0 Å². The van der Waals surface area contributed by atoms with Crippen molar-refractivity contribution in [2.75, 3.05) is 6.61 Å². The second-order valence-corrected chi connectivity index (χ2v) is 9.32. The molecule has 0 aliphatic heterocycles. The Morgan fingerprint density at radius 1 is 0.941 bits per heavy atom. The third-order valence-electron chi connectivity index (χ3n) is 7.06. The van der Waals surface area contributed by atoms with Crippen LogP contribution in [0.3, 0.4) is 0 Å². The molecule has 1 fully saturated rings. The van der Waals surface area contributed by atoms with Crippen LogP contribution < -0.4 is 10.6 Å². The van der Waals surface area contributed by atoms with Crippen LogP contribution in [0.25, 0.3) is 11.1 Å². The number of rotatable bonds is 8. The SMILES string of the molecule is C[C@@H](NC(=O)C(CC(=O)O)NC(=O)OCC1c2ccccc2-c2ccccc21)C1CCCCC1. The Labute approximate surface area is 199 Å². The Morgan fingerprint density at radius 2 is 1.53 bits per heavy atom. The number of carbonyl (C=O) groups excluding carboxylic acids is 2. The van der Waals surface area contributed by atoms with Crippen molar-refractivity contribution in [2.24, 2.45) is 5.92 Å². The molecule has 2 amide bonds. The van der Waals surface area contributed by atoms with E-state index in [9.17, 15) is 19.5 Å². The lowest BCUT2D eigenvalue weighted by atomic mass is 9.84. The molecule has 2 aromatic rings. The lowest BCUT2D eigenvalue weighted by molar-refractivity contribution is -0.140. The number of amides is 2. The minimum Gasteiger partial charge on any atom is -0.481 e. The highest BCUT2D eigenvalue weighted by Crippen LogP contribution is 2.44. The average Bonchev–Trinajstić information content (AvgIpc) is 3.16. The number of hydrogen-bond donors (Lipinski definition) is 3. The summed E-state index contributed by atoms with van der Waals surface area (Å²) in [7, 11) is 0. The number of nitrogens with one attached hydrogen (secondary N) is 2. The molecule has 1 saturated carbocycles. The molecule has 0 radical (unpaired) electrons. The summed E-state index contributed by atoms with van der Waals surface area (Å²) in [5, 5.41) is 14.7. The Hall–Kier alpha value is -3.35. The first kappa shape index (κ1) is 23.8. The van der Waals surface area contributed by atoms with E-state index < -0.39 is 30.4 Å². The summed E-state index contributed by atoms with van der Waals surface area (Å²) in [4.78, 5) is 36.8. The van der Waals surface area contributed by atoms with Gasteiger partial charge < -0.3 is 20.5 Å². The van der Waals surface area contributed by atoms with Crippen molar-refractivity contribution in [3.8, 4) is 11.1 Å². The summed E-state index contributed by atoms with van der Waals surface area (Å²) in [6, 6.07) is 14.8. The summed E-state index contributed by atoms with van der Waals surface area (Å²) in [6.45, 7) is 2.04. The minimum atomic E-state index is -1.20. The van der Waals surface area contributed by atoms with Crippen LogP contribution in [0, 0.1) is 5.92 Å². The highest BCUT2D eigenvalue weighted by molar-refractivity contribution is 5.89. The van der Waals surface area contributed by atoms with E-state index in [0.29, 0.717) is 5.92 Å². The molecule has 2 aliphatic rings. The minimum absolute atomic E-state index is 0.0755. The molecule has 4 rings (SSSR count). The number of hydrogen-bond acceptors (Lipinski definition) is 4. The average molecular weight is 465 g/mol. The summed E-state index contributed by atoms with van der Waals surface area (Å²) in [5.41, 5.74) is 4.40. The smallest absolute Gasteiger partial charge is 0.407 e. The first-order valence-electron chi connectivity index (χ1n) is 12.1. The molecular weight excluding hydrogens is 432 g/mol. The molecule has 0 bridgehead atoms. The molecule has 2 atom stereocenters. The predicted molar refractivity (Wildman–Crippen MR) is 128 cm³/mol. The zero-order valence-electron chi connectivity index (χ0n) is 19.5. The topological polar surface area (TPSA) is 105 Å². The number of alkyl carbamates (subject to hydrolysis) is 1. The van der Waals surface area contributed by atoms with Crippen LogP contribution in [0.5, 0.6) is 0 Å². The van der Waals surface area contributed by atoms with E-state index in [-0.39, 0.29) is 18.6 Å². The Balaban J connectivity index is 1.38. The predicted octanol–water partition coefficient (Wildman–Crippen LogP) is 4.45. The van der Waals surface area contributed by atoms with Crippen molar-refractivity contribution < 1.29 is 24.2 Å². The van der Waals surface area contributed by atoms with Crippen LogP contribution in [0.15, 0.2) is 48.5 Å². The fraction of sp³-hybridized carbons (Fsp3) is 0.444. The van der Waals surface area contributed by atoms with Gasteiger partial charge in [-0.15, -0.1) is 0 Å². The number of ether oxygens (including phenoxy) is 1. The van der Waals surface area contributed by atoms with Gasteiger partial charge in [-0.2, -0.15) is 0 Å². The standard InChI is InChI=1S/C27H32N2O5/c1-17(18-9-3-2-4-10-18)28-26(32)24(15-25(30)31)29-27(33)34-16-23-21-13-7-5-11-19(21)20-12-6-8-14-22(20)23/h5-8,11-14,17-18,23-24H,2-4,9-10,15-16H2,1H3,(H,28,32)(H,29,33)(H,30,31)/t17-,24?/m1/s1. The first-order chi connectivity index (χ1) is 16.4. The third kappa shape index (κ3) is 5.41. The molecule has 180 valence electrons. The highest BCUT2D eigenvalue weighted by Gasteiger charge is 2.31. The van der Waals surface area contributed by atoms with E-state index in [2.05, 4.69) is 22.8 Å². The summed E-state index contributed by atoms with van der Waals surface area (Å²) >= 11 is 0. The van der Waals surface area contributed by atoms with Crippen molar-refractivity contribution in [1.82, 2.24) is 10.6 Å². The molecule has 34 heavy (non-hydrogen) atoms. The van der Waals surface area contributed by atoms with Crippen molar-refractivity contribution in [3.63, 3.8) is 0 Å². The molecular formula is C27H32N2O5. The molecule has 0 saturated heterocycles. The van der Waals surface area contributed by atoms with Gasteiger partial charge in [0.25, 0.3) is 0 Å². The second kappa shape index (κ2) is 10.7. The fourth-order valence-electron chi connectivity index (χ4n) is 5.24. The molecule has 2 aliphatic carbocycles. The second-order valence-electron chi connectivity index (χ2n) is 9.32. The summed E-state index contributed by atoms with van der Waals surface area (Å²) in [6.07, 6.45) is 4.28. The van der Waals surface area contributed by atoms with Gasteiger partial charge in [-0.1, -0.05) is 67.8 Å². The largest absolute Gasteiger partial charge is 0.481 e. The molecule has 7 nitrogen and oxygen atoms in total. The van der Waals surface area contributed by atoms with Crippen molar-refractivity contribution >= 4 is 18.0 Å². The van der Waals surface area contributed by atoms with E-state index >= 15 is 0 Å². The molecule has 0 aromatic heterocycles. The van der Waals surface area contributed by atoms with Crippen molar-refractivity contribution in [3.05, 3.63) is 59.7 Å². The van der Waals surface area contributed by atoms with Gasteiger partial charge >= 0.3 is 12.1 Å². The van der Waals surface area contributed by atoms with Crippen molar-refractivity contribution in [2.45, 2.75) is 63.5 Å². The molecule has 7 heteroatoms. The normalized spacial score (nSPS) is 17.2. The van der Waals surface area contributed by atoms with Crippen LogP contribution in [0.2, 0.25) is 0 Å². The Bertz CT molecular complexity index is 1000. The van der Waals surface area contributed by atoms with E-state index in [1.165, 1.54) is 6.42 Å². The first-order valence-corrected chi connectivity index (χ1v) is 12.1. The quantitative estimate of drug-likeness (QED) is 0.535.